The molecule has 0 aromatic heterocycles. The van der Waals surface area contributed by atoms with Gasteiger partial charge < -0.3 is 19.7 Å². The summed E-state index contributed by atoms with van der Waals surface area (Å²) in [6.07, 6.45) is -0.161. The maximum Gasteiger partial charge on any atom is 0.410 e. The zero-order chi connectivity index (χ0) is 22.3. The number of piperazine rings is 1. The second-order valence-corrected chi connectivity index (χ2v) is 9.14. The van der Waals surface area contributed by atoms with E-state index in [9.17, 15) is 14.0 Å². The average Bonchev–Trinajstić information content (AvgIpc) is 2.66. The maximum absolute atomic E-state index is 13.1. The van der Waals surface area contributed by atoms with Crippen LogP contribution >= 0.6 is 15.9 Å². The first kappa shape index (κ1) is 24.4. The van der Waals surface area contributed by atoms with Gasteiger partial charge in [0.25, 0.3) is 5.91 Å². The molecule has 1 fully saturated rings. The molecule has 9 heteroatoms. The third-order valence-electron chi connectivity index (χ3n) is 4.54. The fraction of sp³-hybridized carbons (Fsp3) is 0.619. The molecule has 1 aliphatic rings. The second kappa shape index (κ2) is 10.9. The van der Waals surface area contributed by atoms with Gasteiger partial charge in [0.1, 0.15) is 17.2 Å². The minimum atomic E-state index is -0.691. The van der Waals surface area contributed by atoms with Crippen LogP contribution in [0.1, 0.15) is 34.1 Å². The van der Waals surface area contributed by atoms with Gasteiger partial charge in [-0.2, -0.15) is 0 Å². The minimum Gasteiger partial charge on any atom is -0.480 e. The van der Waals surface area contributed by atoms with E-state index in [0.29, 0.717) is 29.9 Å². The highest BCUT2D eigenvalue weighted by atomic mass is 79.9. The monoisotopic (exact) mass is 487 g/mol. The van der Waals surface area contributed by atoms with Crippen molar-refractivity contribution in [1.29, 1.82) is 0 Å². The van der Waals surface area contributed by atoms with Gasteiger partial charge in [-0.3, -0.25) is 9.69 Å². The fourth-order valence-electron chi connectivity index (χ4n) is 2.95. The van der Waals surface area contributed by atoms with Crippen LogP contribution in [0, 0.1) is 5.82 Å². The van der Waals surface area contributed by atoms with Gasteiger partial charge in [-0.25, -0.2) is 9.18 Å². The molecular weight excluding hydrogens is 457 g/mol. The lowest BCUT2D eigenvalue weighted by Gasteiger charge is -2.35. The van der Waals surface area contributed by atoms with Crippen LogP contribution in [0.3, 0.4) is 0 Å². The van der Waals surface area contributed by atoms with Gasteiger partial charge >= 0.3 is 6.09 Å². The van der Waals surface area contributed by atoms with Crippen molar-refractivity contribution in [2.45, 2.75) is 45.8 Å². The highest BCUT2D eigenvalue weighted by molar-refractivity contribution is 9.10. The number of rotatable bonds is 7. The summed E-state index contributed by atoms with van der Waals surface area (Å²) in [5, 5.41) is 2.86. The predicted octanol–water partition coefficient (Wildman–Crippen LogP) is 3.41. The quantitative estimate of drug-likeness (QED) is 0.596. The molecular formula is C21H31BrFN3O4. The van der Waals surface area contributed by atoms with Gasteiger partial charge in [-0.15, -0.1) is 0 Å². The molecule has 0 bridgehead atoms. The van der Waals surface area contributed by atoms with Crippen molar-refractivity contribution in [2.24, 2.45) is 0 Å². The first-order valence-corrected chi connectivity index (χ1v) is 10.9. The first-order chi connectivity index (χ1) is 14.0. The summed E-state index contributed by atoms with van der Waals surface area (Å²) in [6, 6.07) is 4.07. The van der Waals surface area contributed by atoms with Crippen LogP contribution in [0.4, 0.5) is 9.18 Å². The van der Waals surface area contributed by atoms with E-state index in [-0.39, 0.29) is 17.8 Å². The summed E-state index contributed by atoms with van der Waals surface area (Å²) in [6.45, 7) is 11.4. The van der Waals surface area contributed by atoms with E-state index in [2.05, 4.69) is 26.1 Å². The van der Waals surface area contributed by atoms with Crippen molar-refractivity contribution >= 4 is 27.9 Å². The molecule has 0 spiro atoms. The van der Waals surface area contributed by atoms with Crippen LogP contribution in [0.15, 0.2) is 22.7 Å². The van der Waals surface area contributed by atoms with Crippen LogP contribution in [0.2, 0.25) is 0 Å². The van der Waals surface area contributed by atoms with Crippen molar-refractivity contribution in [2.75, 3.05) is 39.3 Å². The van der Waals surface area contributed by atoms with E-state index in [4.69, 9.17) is 9.47 Å². The summed E-state index contributed by atoms with van der Waals surface area (Å²) in [5.74, 6) is -0.180. The van der Waals surface area contributed by atoms with Gasteiger partial charge in [0.15, 0.2) is 6.10 Å². The minimum absolute atomic E-state index is 0.221. The van der Waals surface area contributed by atoms with Gasteiger partial charge in [-0.1, -0.05) is 0 Å². The van der Waals surface area contributed by atoms with Crippen molar-refractivity contribution in [3.05, 3.63) is 28.5 Å². The van der Waals surface area contributed by atoms with E-state index in [0.717, 1.165) is 26.1 Å². The van der Waals surface area contributed by atoms with Crippen molar-refractivity contribution in [3.8, 4) is 5.75 Å². The summed E-state index contributed by atoms with van der Waals surface area (Å²) < 4.78 is 24.6. The molecule has 168 valence electrons. The standard InChI is InChI=1S/C21H31BrFN3O4/c1-15(29-18-7-6-16(23)14-17(18)22)19(27)24-8-5-9-25-10-12-26(13-11-25)20(28)30-21(2,3)4/h6-7,14-15H,5,8-13H2,1-4H3,(H,24,27). The number of nitrogens with zero attached hydrogens (tertiary/aromatic N) is 2. The van der Waals surface area contributed by atoms with Crippen LogP contribution < -0.4 is 10.1 Å². The number of hydrogen-bond acceptors (Lipinski definition) is 5. The van der Waals surface area contributed by atoms with Crippen LogP contribution in [-0.4, -0.2) is 72.8 Å². The summed E-state index contributed by atoms with van der Waals surface area (Å²) in [4.78, 5) is 28.3. The third-order valence-corrected chi connectivity index (χ3v) is 5.16. The number of amides is 2. The molecule has 1 N–H and O–H groups in total. The van der Waals surface area contributed by atoms with E-state index in [1.54, 1.807) is 11.8 Å². The van der Waals surface area contributed by atoms with Crippen LogP contribution in [0.25, 0.3) is 0 Å². The molecule has 2 rings (SSSR count). The fourth-order valence-corrected chi connectivity index (χ4v) is 3.40. The number of carbonyl (C=O) groups is 2. The molecule has 1 aromatic carbocycles. The van der Waals surface area contributed by atoms with Crippen molar-refractivity contribution in [1.82, 2.24) is 15.1 Å². The predicted molar refractivity (Wildman–Crippen MR) is 116 cm³/mol. The third kappa shape index (κ3) is 8.10. The maximum atomic E-state index is 13.1. The number of ether oxygens (including phenoxy) is 2. The Morgan fingerprint density at radius 1 is 1.23 bits per heavy atom. The molecule has 7 nitrogen and oxygen atoms in total. The lowest BCUT2D eigenvalue weighted by Crippen LogP contribution is -2.50. The SMILES string of the molecule is CC(Oc1ccc(F)cc1Br)C(=O)NCCCN1CCN(C(=O)OC(C)(C)C)CC1. The van der Waals surface area contributed by atoms with Gasteiger partial charge in [-0.05, 0) is 74.8 Å². The van der Waals surface area contributed by atoms with E-state index in [1.807, 2.05) is 20.8 Å². The number of nitrogens with one attached hydrogen (secondary N) is 1. The molecule has 1 saturated heterocycles. The topological polar surface area (TPSA) is 71.1 Å². The van der Waals surface area contributed by atoms with Gasteiger partial charge in [0.2, 0.25) is 0 Å². The molecule has 1 heterocycles. The Balaban J connectivity index is 1.63. The summed E-state index contributed by atoms with van der Waals surface area (Å²) in [7, 11) is 0. The molecule has 1 atom stereocenters. The van der Waals surface area contributed by atoms with Gasteiger partial charge in [0, 0.05) is 32.7 Å². The average molecular weight is 488 g/mol. The Labute approximate surface area is 186 Å². The normalized spacial score (nSPS) is 16.1. The zero-order valence-corrected chi connectivity index (χ0v) is 19.6. The Kier molecular flexibility index (Phi) is 8.91. The Bertz CT molecular complexity index is 733. The molecule has 1 unspecified atom stereocenters. The molecule has 2 amide bonds. The second-order valence-electron chi connectivity index (χ2n) is 8.29. The number of carbonyl (C=O) groups excluding carboxylic acids is 2. The molecule has 0 aliphatic carbocycles. The lowest BCUT2D eigenvalue weighted by molar-refractivity contribution is -0.127. The van der Waals surface area contributed by atoms with E-state index in [1.165, 1.54) is 18.2 Å². The van der Waals surface area contributed by atoms with Crippen molar-refractivity contribution in [3.63, 3.8) is 0 Å². The van der Waals surface area contributed by atoms with Gasteiger partial charge in [0.05, 0.1) is 4.47 Å². The van der Waals surface area contributed by atoms with Crippen LogP contribution in [-0.2, 0) is 9.53 Å². The number of benzene rings is 1. The molecule has 1 aliphatic heterocycles. The van der Waals surface area contributed by atoms with Crippen molar-refractivity contribution < 1.29 is 23.5 Å². The smallest absolute Gasteiger partial charge is 0.410 e. The Morgan fingerprint density at radius 2 is 1.90 bits per heavy atom. The Hall–Kier alpha value is -1.87. The molecule has 0 radical (unpaired) electrons. The number of halogens is 2. The Morgan fingerprint density at radius 3 is 2.50 bits per heavy atom. The summed E-state index contributed by atoms with van der Waals surface area (Å²) in [5.41, 5.74) is -0.486. The van der Waals surface area contributed by atoms with E-state index < -0.39 is 11.7 Å². The highest BCUT2D eigenvalue weighted by Crippen LogP contribution is 2.26. The molecule has 1 aromatic rings. The van der Waals surface area contributed by atoms with Crippen LogP contribution in [0.5, 0.6) is 5.75 Å². The number of hydrogen-bond donors (Lipinski definition) is 1. The summed E-state index contributed by atoms with van der Waals surface area (Å²) >= 11 is 3.23. The first-order valence-electron chi connectivity index (χ1n) is 10.1. The van der Waals surface area contributed by atoms with E-state index >= 15 is 0 Å². The molecule has 0 saturated carbocycles. The highest BCUT2D eigenvalue weighted by Gasteiger charge is 2.25. The lowest BCUT2D eigenvalue weighted by atomic mass is 10.2. The largest absolute Gasteiger partial charge is 0.480 e. The zero-order valence-electron chi connectivity index (χ0n) is 18.0. The molecule has 30 heavy (non-hydrogen) atoms.